The van der Waals surface area contributed by atoms with Crippen LogP contribution in [-0.2, 0) is 26.3 Å². The van der Waals surface area contributed by atoms with Crippen LogP contribution < -0.4 is 10.6 Å². The molecule has 0 saturated carbocycles. The van der Waals surface area contributed by atoms with E-state index in [0.717, 1.165) is 5.56 Å². The summed E-state index contributed by atoms with van der Waals surface area (Å²) in [5.74, 6) is -3.05. The number of likely N-dealkylation sites (tertiary alicyclic amines) is 1. The number of rotatable bonds is 5. The SMILES string of the molecule is O=C1C2C(C(O)c3ccc(Cl)cc3)NC3(C(=O)Nc4ccccc43)C2C(=O)N1CCc1ccccc1. The van der Waals surface area contributed by atoms with Crippen molar-refractivity contribution in [1.82, 2.24) is 10.2 Å². The van der Waals surface area contributed by atoms with Crippen molar-refractivity contribution in [2.45, 2.75) is 24.1 Å². The molecular weight excluding hydrogens is 478 g/mol. The number of carbonyl (C=O) groups excluding carboxylic acids is 3. The molecule has 3 aliphatic rings. The summed E-state index contributed by atoms with van der Waals surface area (Å²) >= 11 is 6.03. The maximum atomic E-state index is 13.9. The Kier molecular flexibility index (Phi) is 5.44. The van der Waals surface area contributed by atoms with Crippen LogP contribution in [0.5, 0.6) is 0 Å². The normalized spacial score (nSPS) is 27.3. The van der Waals surface area contributed by atoms with Gasteiger partial charge in [-0.1, -0.05) is 72.3 Å². The van der Waals surface area contributed by atoms with E-state index in [0.29, 0.717) is 28.3 Å². The van der Waals surface area contributed by atoms with E-state index in [1.807, 2.05) is 30.3 Å². The van der Waals surface area contributed by atoms with Crippen molar-refractivity contribution in [2.75, 3.05) is 11.9 Å². The van der Waals surface area contributed by atoms with Gasteiger partial charge in [0.25, 0.3) is 0 Å². The fourth-order valence-electron chi connectivity index (χ4n) is 5.99. The molecule has 2 saturated heterocycles. The molecule has 36 heavy (non-hydrogen) atoms. The molecule has 6 rings (SSSR count). The first-order chi connectivity index (χ1) is 17.4. The highest BCUT2D eigenvalue weighted by atomic mass is 35.5. The van der Waals surface area contributed by atoms with Gasteiger partial charge in [-0.25, -0.2) is 0 Å². The lowest BCUT2D eigenvalue weighted by atomic mass is 9.76. The second-order valence-corrected chi connectivity index (χ2v) is 9.98. The number of carbonyl (C=O) groups is 3. The summed E-state index contributed by atoms with van der Waals surface area (Å²) in [6.07, 6.45) is -0.633. The highest BCUT2D eigenvalue weighted by molar-refractivity contribution is 6.30. The monoisotopic (exact) mass is 501 g/mol. The number of aliphatic hydroxyl groups is 1. The van der Waals surface area contributed by atoms with Crippen molar-refractivity contribution in [2.24, 2.45) is 11.8 Å². The minimum Gasteiger partial charge on any atom is -0.387 e. The van der Waals surface area contributed by atoms with Crippen LogP contribution in [0.4, 0.5) is 5.69 Å². The molecule has 8 heteroatoms. The highest BCUT2D eigenvalue weighted by Gasteiger charge is 2.71. The maximum Gasteiger partial charge on any atom is 0.250 e. The third-order valence-electron chi connectivity index (χ3n) is 7.67. The molecule has 182 valence electrons. The smallest absolute Gasteiger partial charge is 0.250 e. The zero-order valence-electron chi connectivity index (χ0n) is 19.2. The van der Waals surface area contributed by atoms with Crippen LogP contribution in [-0.4, -0.2) is 40.3 Å². The fourth-order valence-corrected chi connectivity index (χ4v) is 6.12. The second-order valence-electron chi connectivity index (χ2n) is 9.54. The Morgan fingerprint density at radius 3 is 2.36 bits per heavy atom. The molecule has 3 N–H and O–H groups in total. The lowest BCUT2D eigenvalue weighted by Gasteiger charge is -2.30. The molecule has 7 nitrogen and oxygen atoms in total. The molecule has 3 heterocycles. The van der Waals surface area contributed by atoms with Gasteiger partial charge >= 0.3 is 0 Å². The molecule has 5 atom stereocenters. The van der Waals surface area contributed by atoms with Gasteiger partial charge in [0.2, 0.25) is 17.7 Å². The Morgan fingerprint density at radius 2 is 1.61 bits per heavy atom. The highest BCUT2D eigenvalue weighted by Crippen LogP contribution is 2.54. The number of nitrogens with zero attached hydrogens (tertiary/aromatic N) is 1. The van der Waals surface area contributed by atoms with Crippen molar-refractivity contribution in [1.29, 1.82) is 0 Å². The Bertz CT molecular complexity index is 1360. The molecule has 3 aliphatic heterocycles. The van der Waals surface area contributed by atoms with Crippen LogP contribution in [0.3, 0.4) is 0 Å². The van der Waals surface area contributed by atoms with Crippen LogP contribution in [0.25, 0.3) is 0 Å². The molecule has 0 aromatic heterocycles. The number of para-hydroxylation sites is 1. The van der Waals surface area contributed by atoms with Gasteiger partial charge in [-0.2, -0.15) is 0 Å². The number of benzene rings is 3. The summed E-state index contributed by atoms with van der Waals surface area (Å²) < 4.78 is 0. The topological polar surface area (TPSA) is 98.7 Å². The van der Waals surface area contributed by atoms with Crippen molar-refractivity contribution >= 4 is 35.0 Å². The average Bonchev–Trinajstić information content (AvgIpc) is 3.48. The Morgan fingerprint density at radius 1 is 0.917 bits per heavy atom. The number of halogens is 1. The number of anilines is 1. The van der Waals surface area contributed by atoms with E-state index in [1.54, 1.807) is 48.5 Å². The third kappa shape index (κ3) is 3.31. The Labute approximate surface area is 213 Å². The fraction of sp³-hybridized carbons (Fsp3) is 0.250. The molecule has 3 aromatic rings. The van der Waals surface area contributed by atoms with Crippen LogP contribution >= 0.6 is 11.6 Å². The van der Waals surface area contributed by atoms with E-state index in [9.17, 15) is 19.5 Å². The molecule has 3 amide bonds. The number of nitrogens with one attached hydrogen (secondary N) is 2. The minimum atomic E-state index is -1.45. The molecule has 0 bridgehead atoms. The van der Waals surface area contributed by atoms with Gasteiger partial charge in [0.1, 0.15) is 5.54 Å². The van der Waals surface area contributed by atoms with Gasteiger partial charge in [0.15, 0.2) is 0 Å². The zero-order chi connectivity index (χ0) is 25.0. The molecule has 2 fully saturated rings. The zero-order valence-corrected chi connectivity index (χ0v) is 20.0. The number of hydrogen-bond donors (Lipinski definition) is 3. The van der Waals surface area contributed by atoms with Gasteiger partial charge in [-0.05, 0) is 35.7 Å². The molecule has 0 aliphatic carbocycles. The molecule has 5 unspecified atom stereocenters. The minimum absolute atomic E-state index is 0.206. The summed E-state index contributed by atoms with van der Waals surface area (Å²) in [5.41, 5.74) is 1.31. The molecule has 3 aromatic carbocycles. The first kappa shape index (κ1) is 22.9. The quantitative estimate of drug-likeness (QED) is 0.467. The first-order valence-corrected chi connectivity index (χ1v) is 12.3. The number of fused-ring (bicyclic) bond motifs is 4. The molecule has 0 radical (unpaired) electrons. The van der Waals surface area contributed by atoms with E-state index < -0.39 is 41.3 Å². The van der Waals surface area contributed by atoms with Gasteiger partial charge in [0.05, 0.1) is 24.0 Å². The lowest BCUT2D eigenvalue weighted by molar-refractivity contribution is -0.143. The predicted octanol–water partition coefficient (Wildman–Crippen LogP) is 3.04. The second kappa shape index (κ2) is 8.55. The van der Waals surface area contributed by atoms with E-state index in [1.165, 1.54) is 4.90 Å². The van der Waals surface area contributed by atoms with Crippen LogP contribution in [0.1, 0.15) is 22.8 Å². The van der Waals surface area contributed by atoms with Crippen molar-refractivity contribution in [3.63, 3.8) is 0 Å². The van der Waals surface area contributed by atoms with E-state index >= 15 is 0 Å². The van der Waals surface area contributed by atoms with Crippen LogP contribution in [0, 0.1) is 11.8 Å². The summed E-state index contributed by atoms with van der Waals surface area (Å²) in [6, 6.07) is 22.6. The summed E-state index contributed by atoms with van der Waals surface area (Å²) in [7, 11) is 0. The molecular formula is C28H24ClN3O4. The van der Waals surface area contributed by atoms with E-state index in [2.05, 4.69) is 10.6 Å². The summed E-state index contributed by atoms with van der Waals surface area (Å²) in [4.78, 5) is 42.4. The van der Waals surface area contributed by atoms with Crippen molar-refractivity contribution in [3.8, 4) is 0 Å². The average molecular weight is 502 g/mol. The third-order valence-corrected chi connectivity index (χ3v) is 7.92. The van der Waals surface area contributed by atoms with E-state index in [4.69, 9.17) is 11.6 Å². The summed E-state index contributed by atoms with van der Waals surface area (Å²) in [6.45, 7) is 0.206. The number of aliphatic hydroxyl groups excluding tert-OH is 1. The standard InChI is InChI=1S/C28H24ClN3O4/c29-18-12-10-17(11-13-18)24(33)23-21-22(28(31-23)19-8-4-5-9-20(19)30-27(28)36)26(35)32(25(21)34)15-14-16-6-2-1-3-7-16/h1-13,21-24,31,33H,14-15H2,(H,30,36). The predicted molar refractivity (Wildman–Crippen MR) is 134 cm³/mol. The number of hydrogen-bond acceptors (Lipinski definition) is 5. The van der Waals surface area contributed by atoms with Gasteiger partial charge in [-0.3, -0.25) is 24.6 Å². The largest absolute Gasteiger partial charge is 0.387 e. The Balaban J connectivity index is 1.42. The van der Waals surface area contributed by atoms with Gasteiger partial charge < -0.3 is 10.4 Å². The number of amides is 3. The van der Waals surface area contributed by atoms with Gasteiger partial charge in [0, 0.05) is 22.8 Å². The van der Waals surface area contributed by atoms with E-state index in [-0.39, 0.29) is 12.5 Å². The maximum absolute atomic E-state index is 13.9. The van der Waals surface area contributed by atoms with Crippen LogP contribution in [0.15, 0.2) is 78.9 Å². The number of imide groups is 1. The summed E-state index contributed by atoms with van der Waals surface area (Å²) in [5, 5.41) is 18.1. The lowest BCUT2D eigenvalue weighted by Crippen LogP contribution is -2.54. The Hall–Kier alpha value is -3.52. The van der Waals surface area contributed by atoms with Crippen molar-refractivity contribution < 1.29 is 19.5 Å². The van der Waals surface area contributed by atoms with Crippen molar-refractivity contribution in [3.05, 3.63) is 101 Å². The van der Waals surface area contributed by atoms with Gasteiger partial charge in [-0.15, -0.1) is 0 Å². The first-order valence-electron chi connectivity index (χ1n) is 11.9. The molecule has 1 spiro atoms. The van der Waals surface area contributed by atoms with Crippen LogP contribution in [0.2, 0.25) is 5.02 Å².